The van der Waals surface area contributed by atoms with E-state index in [4.69, 9.17) is 10.5 Å². The summed E-state index contributed by atoms with van der Waals surface area (Å²) in [4.78, 5) is 4.29. The highest BCUT2D eigenvalue weighted by atomic mass is 127. The predicted octanol–water partition coefficient (Wildman–Crippen LogP) is 2.20. The lowest BCUT2D eigenvalue weighted by Crippen LogP contribution is -2.23. The van der Waals surface area contributed by atoms with Crippen LogP contribution in [0.3, 0.4) is 0 Å². The van der Waals surface area contributed by atoms with Crippen molar-refractivity contribution in [3.8, 4) is 5.75 Å². The number of nitrogens with one attached hydrogen (secondary N) is 1. The van der Waals surface area contributed by atoms with Gasteiger partial charge in [0.1, 0.15) is 5.75 Å². The zero-order valence-electron chi connectivity index (χ0n) is 9.14. The second-order valence-electron chi connectivity index (χ2n) is 3.57. The highest BCUT2D eigenvalue weighted by molar-refractivity contribution is 14.0. The minimum atomic E-state index is 0. The van der Waals surface area contributed by atoms with E-state index in [1.54, 1.807) is 7.11 Å². The fourth-order valence-electron chi connectivity index (χ4n) is 1.32. The number of anilines is 1. The van der Waals surface area contributed by atoms with Gasteiger partial charge in [-0.2, -0.15) is 0 Å². The van der Waals surface area contributed by atoms with Crippen LogP contribution in [0.1, 0.15) is 12.8 Å². The summed E-state index contributed by atoms with van der Waals surface area (Å²) in [5.74, 6) is 1.23. The summed E-state index contributed by atoms with van der Waals surface area (Å²) in [7, 11) is 1.63. The maximum Gasteiger partial charge on any atom is 0.193 e. The number of hydrogen-bond acceptors (Lipinski definition) is 2. The lowest BCUT2D eigenvalue weighted by molar-refractivity contribution is 0.417. The molecule has 0 radical (unpaired) electrons. The van der Waals surface area contributed by atoms with Crippen LogP contribution in [-0.2, 0) is 0 Å². The summed E-state index contributed by atoms with van der Waals surface area (Å²) in [5, 5.41) is 3.04. The molecule has 1 aromatic carbocycles. The van der Waals surface area contributed by atoms with Gasteiger partial charge in [0.05, 0.1) is 18.8 Å². The van der Waals surface area contributed by atoms with Gasteiger partial charge in [0.2, 0.25) is 0 Å². The number of rotatable bonds is 3. The maximum atomic E-state index is 5.75. The van der Waals surface area contributed by atoms with Crippen molar-refractivity contribution in [1.82, 2.24) is 0 Å². The Bertz CT molecular complexity index is 377. The highest BCUT2D eigenvalue weighted by Crippen LogP contribution is 2.25. The van der Waals surface area contributed by atoms with Crippen molar-refractivity contribution in [2.75, 3.05) is 12.4 Å². The normalized spacial score (nSPS) is 15.2. The average molecular weight is 333 g/mol. The van der Waals surface area contributed by atoms with Crippen LogP contribution in [0.25, 0.3) is 0 Å². The third kappa shape index (κ3) is 3.55. The van der Waals surface area contributed by atoms with E-state index in [1.807, 2.05) is 24.3 Å². The van der Waals surface area contributed by atoms with Crippen molar-refractivity contribution >= 4 is 35.6 Å². The van der Waals surface area contributed by atoms with E-state index in [-0.39, 0.29) is 24.0 Å². The van der Waals surface area contributed by atoms with Gasteiger partial charge >= 0.3 is 0 Å². The fourth-order valence-corrected chi connectivity index (χ4v) is 1.32. The smallest absolute Gasteiger partial charge is 0.193 e. The van der Waals surface area contributed by atoms with E-state index < -0.39 is 0 Å². The Morgan fingerprint density at radius 3 is 2.75 bits per heavy atom. The fraction of sp³-hybridized carbons (Fsp3) is 0.364. The Balaban J connectivity index is 0.00000128. The van der Waals surface area contributed by atoms with Crippen LogP contribution in [0.4, 0.5) is 5.69 Å². The zero-order valence-corrected chi connectivity index (χ0v) is 11.5. The van der Waals surface area contributed by atoms with Crippen LogP contribution in [0.5, 0.6) is 5.75 Å². The summed E-state index contributed by atoms with van der Waals surface area (Å²) in [5.41, 5.74) is 6.60. The molecule has 1 aromatic rings. The van der Waals surface area contributed by atoms with Gasteiger partial charge < -0.3 is 15.8 Å². The standard InChI is InChI=1S/C11H15N3O.HI/c1-15-10-5-3-2-4-9(10)14-11(12)13-8-6-7-8;/h2-5,8H,6-7H2,1H3,(H3,12,13,14);1H. The molecule has 3 N–H and O–H groups in total. The zero-order chi connectivity index (χ0) is 10.7. The molecular weight excluding hydrogens is 317 g/mol. The second kappa shape index (κ2) is 5.93. The van der Waals surface area contributed by atoms with Gasteiger partial charge in [-0.1, -0.05) is 12.1 Å². The minimum absolute atomic E-state index is 0. The summed E-state index contributed by atoms with van der Waals surface area (Å²) in [6, 6.07) is 8.06. The summed E-state index contributed by atoms with van der Waals surface area (Å²) >= 11 is 0. The molecule has 1 saturated carbocycles. The molecule has 88 valence electrons. The van der Waals surface area contributed by atoms with Crippen LogP contribution >= 0.6 is 24.0 Å². The molecule has 0 unspecified atom stereocenters. The average Bonchev–Trinajstić information content (AvgIpc) is 3.02. The van der Waals surface area contributed by atoms with Crippen molar-refractivity contribution < 1.29 is 4.74 Å². The van der Waals surface area contributed by atoms with Crippen LogP contribution in [-0.4, -0.2) is 19.1 Å². The van der Waals surface area contributed by atoms with E-state index in [0.29, 0.717) is 12.0 Å². The molecule has 0 spiro atoms. The van der Waals surface area contributed by atoms with Crippen molar-refractivity contribution in [3.63, 3.8) is 0 Å². The molecule has 16 heavy (non-hydrogen) atoms. The molecule has 0 aromatic heterocycles. The van der Waals surface area contributed by atoms with Gasteiger partial charge in [-0.05, 0) is 25.0 Å². The number of halogens is 1. The van der Waals surface area contributed by atoms with Crippen LogP contribution in [0.2, 0.25) is 0 Å². The summed E-state index contributed by atoms with van der Waals surface area (Å²) in [6.45, 7) is 0. The number of ether oxygens (including phenoxy) is 1. The number of nitrogens with zero attached hydrogens (tertiary/aromatic N) is 1. The monoisotopic (exact) mass is 333 g/mol. The molecule has 0 amide bonds. The van der Waals surface area contributed by atoms with Crippen LogP contribution in [0.15, 0.2) is 29.3 Å². The van der Waals surface area contributed by atoms with Gasteiger partial charge in [-0.15, -0.1) is 24.0 Å². The van der Waals surface area contributed by atoms with Crippen molar-refractivity contribution in [3.05, 3.63) is 24.3 Å². The molecule has 1 fully saturated rings. The first-order valence-electron chi connectivity index (χ1n) is 5.03. The summed E-state index contributed by atoms with van der Waals surface area (Å²) in [6.07, 6.45) is 2.29. The van der Waals surface area contributed by atoms with Gasteiger partial charge in [-0.25, -0.2) is 4.99 Å². The minimum Gasteiger partial charge on any atom is -0.495 e. The van der Waals surface area contributed by atoms with E-state index in [2.05, 4.69) is 10.3 Å². The number of nitrogens with two attached hydrogens (primary N) is 1. The molecular formula is C11H16IN3O. The van der Waals surface area contributed by atoms with Crippen LogP contribution in [0, 0.1) is 0 Å². The molecule has 0 bridgehead atoms. The van der Waals surface area contributed by atoms with E-state index in [0.717, 1.165) is 24.3 Å². The molecule has 4 nitrogen and oxygen atoms in total. The largest absolute Gasteiger partial charge is 0.495 e. The van der Waals surface area contributed by atoms with Crippen molar-refractivity contribution in [2.45, 2.75) is 18.9 Å². The number of aliphatic imine (C=N–C) groups is 1. The quantitative estimate of drug-likeness (QED) is 0.507. The Labute approximate surface area is 112 Å². The third-order valence-corrected chi connectivity index (χ3v) is 2.24. The Morgan fingerprint density at radius 2 is 2.12 bits per heavy atom. The molecule has 2 rings (SSSR count). The first-order valence-corrected chi connectivity index (χ1v) is 5.03. The first kappa shape index (κ1) is 13.1. The van der Waals surface area contributed by atoms with E-state index in [1.165, 1.54) is 0 Å². The van der Waals surface area contributed by atoms with Crippen molar-refractivity contribution in [1.29, 1.82) is 0 Å². The van der Waals surface area contributed by atoms with E-state index >= 15 is 0 Å². The molecule has 0 heterocycles. The lowest BCUT2D eigenvalue weighted by atomic mass is 10.3. The Kier molecular flexibility index (Phi) is 4.85. The summed E-state index contributed by atoms with van der Waals surface area (Å²) < 4.78 is 5.19. The van der Waals surface area contributed by atoms with E-state index in [9.17, 15) is 0 Å². The third-order valence-electron chi connectivity index (χ3n) is 2.24. The molecule has 5 heteroatoms. The molecule has 0 aliphatic heterocycles. The van der Waals surface area contributed by atoms with Gasteiger partial charge in [-0.3, -0.25) is 0 Å². The predicted molar refractivity (Wildman–Crippen MR) is 76.7 cm³/mol. The van der Waals surface area contributed by atoms with Gasteiger partial charge in [0.15, 0.2) is 5.96 Å². The number of hydrogen-bond donors (Lipinski definition) is 2. The molecule has 1 aliphatic carbocycles. The molecule has 0 saturated heterocycles. The molecule has 0 atom stereocenters. The van der Waals surface area contributed by atoms with Gasteiger partial charge in [0, 0.05) is 0 Å². The van der Waals surface area contributed by atoms with Crippen LogP contribution < -0.4 is 15.8 Å². The van der Waals surface area contributed by atoms with Gasteiger partial charge in [0.25, 0.3) is 0 Å². The molecule has 1 aliphatic rings. The lowest BCUT2D eigenvalue weighted by Gasteiger charge is -2.09. The number of methoxy groups -OCH3 is 1. The highest BCUT2D eigenvalue weighted by Gasteiger charge is 2.20. The number of para-hydroxylation sites is 2. The topological polar surface area (TPSA) is 59.6 Å². The van der Waals surface area contributed by atoms with Crippen molar-refractivity contribution in [2.24, 2.45) is 10.7 Å². The number of benzene rings is 1. The number of guanidine groups is 1. The Hall–Kier alpha value is -0.980. The maximum absolute atomic E-state index is 5.75. The SMILES string of the molecule is COc1ccccc1NC(N)=NC1CC1.I. The second-order valence-corrected chi connectivity index (χ2v) is 3.57. The first-order chi connectivity index (χ1) is 7.29. The Morgan fingerprint density at radius 1 is 1.44 bits per heavy atom.